The van der Waals surface area contributed by atoms with Gasteiger partial charge in [0.25, 0.3) is 0 Å². The number of benzene rings is 2. The highest BCUT2D eigenvalue weighted by atomic mass is 35.5. The predicted octanol–water partition coefficient (Wildman–Crippen LogP) is 4.81. The molecule has 1 aromatic heterocycles. The highest BCUT2D eigenvalue weighted by Gasteiger charge is 2.36. The fourth-order valence-electron chi connectivity index (χ4n) is 4.62. The zero-order valence-electron chi connectivity index (χ0n) is 19.6. The fourth-order valence-corrected chi connectivity index (χ4v) is 4.83. The second kappa shape index (κ2) is 8.99. The Balaban J connectivity index is 1.45. The molecule has 0 spiro atoms. The molecule has 3 N–H and O–H groups in total. The minimum Gasteiger partial charge on any atom is -0.490 e. The van der Waals surface area contributed by atoms with Gasteiger partial charge in [-0.05, 0) is 42.7 Å². The average molecular weight is 498 g/mol. The smallest absolute Gasteiger partial charge is 0.193 e. The van der Waals surface area contributed by atoms with Crippen LogP contribution in [0, 0.1) is 5.92 Å². The van der Waals surface area contributed by atoms with Gasteiger partial charge in [-0.2, -0.15) is 0 Å². The van der Waals surface area contributed by atoms with Crippen LogP contribution in [0.25, 0.3) is 22.3 Å². The van der Waals surface area contributed by atoms with Gasteiger partial charge in [-0.15, -0.1) is 0 Å². The Morgan fingerprint density at radius 1 is 1.23 bits per heavy atom. The lowest BCUT2D eigenvalue weighted by Crippen LogP contribution is -2.39. The fraction of sp³-hybridized carbons (Fsp3) is 0.370. The molecule has 0 unspecified atom stereocenters. The van der Waals surface area contributed by atoms with Crippen LogP contribution < -0.4 is 15.5 Å². The van der Waals surface area contributed by atoms with Crippen molar-refractivity contribution in [1.29, 1.82) is 0 Å². The summed E-state index contributed by atoms with van der Waals surface area (Å²) in [7, 11) is 0. The van der Waals surface area contributed by atoms with Gasteiger partial charge in [0.1, 0.15) is 18.1 Å². The number of nitrogens with one attached hydrogen (secondary N) is 1. The van der Waals surface area contributed by atoms with Gasteiger partial charge in [-0.1, -0.05) is 38.1 Å². The zero-order valence-corrected chi connectivity index (χ0v) is 20.4. The van der Waals surface area contributed by atoms with Gasteiger partial charge >= 0.3 is 0 Å². The molecule has 1 aliphatic heterocycles. The molecule has 1 fully saturated rings. The van der Waals surface area contributed by atoms with Gasteiger partial charge in [0.2, 0.25) is 0 Å². The Kier molecular flexibility index (Phi) is 6.13. The number of hydrogen-bond acceptors (Lipinski definition) is 7. The van der Waals surface area contributed by atoms with Crippen molar-refractivity contribution < 1.29 is 24.1 Å². The quantitative estimate of drug-likeness (QED) is 0.318. The van der Waals surface area contributed by atoms with Crippen LogP contribution in [-0.2, 0) is 10.2 Å². The van der Waals surface area contributed by atoms with E-state index in [2.05, 4.69) is 25.7 Å². The first-order chi connectivity index (χ1) is 16.6. The van der Waals surface area contributed by atoms with Crippen molar-refractivity contribution in [3.63, 3.8) is 0 Å². The van der Waals surface area contributed by atoms with Crippen molar-refractivity contribution in [2.75, 3.05) is 18.5 Å². The van der Waals surface area contributed by atoms with Crippen LogP contribution in [0.4, 0.5) is 5.69 Å². The maximum absolute atomic E-state index is 12.8. The largest absolute Gasteiger partial charge is 0.490 e. The summed E-state index contributed by atoms with van der Waals surface area (Å²) >= 11 is 6.32. The van der Waals surface area contributed by atoms with Crippen LogP contribution in [0.2, 0.25) is 5.02 Å². The molecule has 3 aromatic rings. The third-order valence-corrected chi connectivity index (χ3v) is 7.35. The molecule has 1 aliphatic carbocycles. The molecule has 35 heavy (non-hydrogen) atoms. The van der Waals surface area contributed by atoms with E-state index in [1.165, 1.54) is 6.07 Å². The molecule has 0 amide bonds. The number of aliphatic hydroxyl groups excluding tert-OH is 1. The second-order valence-corrected chi connectivity index (χ2v) is 10.1. The summed E-state index contributed by atoms with van der Waals surface area (Å²) in [6.07, 6.45) is -0.0617. The van der Waals surface area contributed by atoms with Crippen molar-refractivity contribution >= 4 is 28.3 Å². The van der Waals surface area contributed by atoms with Crippen molar-refractivity contribution in [3.05, 3.63) is 69.5 Å². The van der Waals surface area contributed by atoms with Gasteiger partial charge in [-0.3, -0.25) is 4.79 Å². The molecular formula is C27H28ClNO6. The number of para-hydroxylation sites is 1. The highest BCUT2D eigenvalue weighted by Crippen LogP contribution is 2.47. The van der Waals surface area contributed by atoms with Crippen LogP contribution in [0.1, 0.15) is 32.3 Å². The Bertz CT molecular complexity index is 1360. The van der Waals surface area contributed by atoms with Crippen molar-refractivity contribution in [1.82, 2.24) is 0 Å². The number of hydrogen-bond donors (Lipinski definition) is 3. The highest BCUT2D eigenvalue weighted by molar-refractivity contribution is 6.34. The lowest BCUT2D eigenvalue weighted by atomic mass is 9.82. The Morgan fingerprint density at radius 3 is 2.74 bits per heavy atom. The third-order valence-electron chi connectivity index (χ3n) is 7.05. The number of allylic oxidation sites excluding steroid dienone is 1. The van der Waals surface area contributed by atoms with E-state index in [-0.39, 0.29) is 29.5 Å². The van der Waals surface area contributed by atoms with Gasteiger partial charge < -0.3 is 29.4 Å². The second-order valence-electron chi connectivity index (χ2n) is 9.70. The Hall–Kier alpha value is -2.84. The minimum atomic E-state index is -1.29. The SMILES string of the molecule is C=C1Nc2cc(-c3cc(=O)c4cccc(Cl)c4o3)c(OCCOC3CC(C(O)O)C3)cc2C1(C)C. The summed E-state index contributed by atoms with van der Waals surface area (Å²) < 4.78 is 18.1. The molecule has 184 valence electrons. The van der Waals surface area contributed by atoms with Crippen LogP contribution in [0.5, 0.6) is 5.75 Å². The Labute approximate surface area is 207 Å². The van der Waals surface area contributed by atoms with E-state index >= 15 is 0 Å². The van der Waals surface area contributed by atoms with Crippen LogP contribution in [0.15, 0.2) is 57.9 Å². The molecule has 5 rings (SSSR count). The van der Waals surface area contributed by atoms with E-state index in [0.717, 1.165) is 16.9 Å². The first kappa shape index (κ1) is 23.9. The van der Waals surface area contributed by atoms with E-state index in [1.807, 2.05) is 12.1 Å². The van der Waals surface area contributed by atoms with Crippen molar-refractivity contribution in [2.24, 2.45) is 5.92 Å². The number of anilines is 1. The lowest BCUT2D eigenvalue weighted by molar-refractivity contribution is -0.150. The first-order valence-corrected chi connectivity index (χ1v) is 12.0. The summed E-state index contributed by atoms with van der Waals surface area (Å²) in [5.74, 6) is 0.781. The standard InChI is InChI=1S/C27H28ClNO6/c1-14-27(2,3)19-12-23(34-8-7-33-16-9-15(10-16)26(31)32)18(11-21(19)29-14)24-13-22(30)17-5-4-6-20(28)25(17)35-24/h4-6,11-13,15-16,26,29,31-32H,1,7-10H2,2-3H3. The topological polar surface area (TPSA) is 101 Å². The van der Waals surface area contributed by atoms with E-state index < -0.39 is 6.29 Å². The Morgan fingerprint density at radius 2 is 2.00 bits per heavy atom. The van der Waals surface area contributed by atoms with Crippen LogP contribution in [-0.4, -0.2) is 35.8 Å². The summed E-state index contributed by atoms with van der Waals surface area (Å²) in [5, 5.41) is 22.5. The van der Waals surface area contributed by atoms with Gasteiger partial charge in [0.05, 0.1) is 28.7 Å². The van der Waals surface area contributed by atoms with E-state index in [9.17, 15) is 15.0 Å². The molecule has 2 heterocycles. The number of aliphatic hydroxyl groups is 2. The van der Waals surface area contributed by atoms with Crippen LogP contribution in [0.3, 0.4) is 0 Å². The summed E-state index contributed by atoms with van der Waals surface area (Å²) in [6, 6.07) is 10.4. The molecule has 2 aliphatic rings. The molecule has 0 saturated heterocycles. The molecule has 1 saturated carbocycles. The first-order valence-electron chi connectivity index (χ1n) is 11.6. The number of fused-ring (bicyclic) bond motifs is 2. The zero-order chi connectivity index (χ0) is 24.9. The molecule has 2 aromatic carbocycles. The normalized spacial score (nSPS) is 20.6. The number of halogens is 1. The van der Waals surface area contributed by atoms with E-state index in [0.29, 0.717) is 52.5 Å². The number of ether oxygens (including phenoxy) is 2. The maximum Gasteiger partial charge on any atom is 0.193 e. The summed E-state index contributed by atoms with van der Waals surface area (Å²) in [4.78, 5) is 12.8. The van der Waals surface area contributed by atoms with Crippen molar-refractivity contribution in [3.8, 4) is 17.1 Å². The van der Waals surface area contributed by atoms with E-state index in [4.69, 9.17) is 25.5 Å². The number of rotatable bonds is 7. The van der Waals surface area contributed by atoms with Gasteiger partial charge in [0.15, 0.2) is 17.3 Å². The monoisotopic (exact) mass is 497 g/mol. The molecular weight excluding hydrogens is 470 g/mol. The van der Waals surface area contributed by atoms with Gasteiger partial charge in [-0.25, -0.2) is 0 Å². The average Bonchev–Trinajstić information content (AvgIpc) is 3.00. The summed E-state index contributed by atoms with van der Waals surface area (Å²) in [5.41, 5.74) is 3.23. The van der Waals surface area contributed by atoms with Crippen molar-refractivity contribution in [2.45, 2.75) is 44.5 Å². The minimum absolute atomic E-state index is 0.00278. The molecule has 8 heteroatoms. The van der Waals surface area contributed by atoms with Gasteiger partial charge in [0, 0.05) is 28.8 Å². The maximum atomic E-state index is 12.8. The molecule has 0 bridgehead atoms. The van der Waals surface area contributed by atoms with E-state index in [1.54, 1.807) is 18.2 Å². The lowest BCUT2D eigenvalue weighted by Gasteiger charge is -2.35. The molecule has 0 atom stereocenters. The molecule has 7 nitrogen and oxygen atoms in total. The summed E-state index contributed by atoms with van der Waals surface area (Å²) in [6.45, 7) is 8.94. The van der Waals surface area contributed by atoms with Crippen LogP contribution >= 0.6 is 11.6 Å². The third kappa shape index (κ3) is 4.34. The predicted molar refractivity (Wildman–Crippen MR) is 135 cm³/mol. The molecule has 0 radical (unpaired) electrons.